The lowest BCUT2D eigenvalue weighted by atomic mass is 9.89. The number of carbonyl (C=O) groups excluding carboxylic acids is 2. The maximum atomic E-state index is 13.1. The number of hydrogen-bond donors (Lipinski definition) is 2. The Morgan fingerprint density at radius 2 is 1.60 bits per heavy atom. The zero-order valence-electron chi connectivity index (χ0n) is 25.9. The van der Waals surface area contributed by atoms with Crippen molar-refractivity contribution in [3.63, 3.8) is 0 Å². The number of aryl methyl sites for hydroxylation is 1. The Hall–Kier alpha value is -4.39. The van der Waals surface area contributed by atoms with Gasteiger partial charge in [-0.1, -0.05) is 80.9 Å². The minimum absolute atomic E-state index is 0.123. The van der Waals surface area contributed by atoms with Crippen molar-refractivity contribution < 1.29 is 9.59 Å². The number of nitrogens with zero attached hydrogens (tertiary/aromatic N) is 3. The van der Waals surface area contributed by atoms with Gasteiger partial charge in [-0.2, -0.15) is 5.10 Å². The first-order chi connectivity index (χ1) is 20.6. The van der Waals surface area contributed by atoms with Crippen LogP contribution in [0.4, 0.5) is 16.3 Å². The van der Waals surface area contributed by atoms with Crippen LogP contribution in [0.25, 0.3) is 5.69 Å². The summed E-state index contributed by atoms with van der Waals surface area (Å²) >= 11 is 0. The van der Waals surface area contributed by atoms with Gasteiger partial charge in [0, 0.05) is 30.3 Å². The van der Waals surface area contributed by atoms with Crippen molar-refractivity contribution in [2.75, 3.05) is 23.7 Å². The fourth-order valence-corrected chi connectivity index (χ4v) is 5.62. The van der Waals surface area contributed by atoms with E-state index in [0.29, 0.717) is 11.7 Å². The highest BCUT2D eigenvalue weighted by molar-refractivity contribution is 5.99. The van der Waals surface area contributed by atoms with Gasteiger partial charge in [-0.15, -0.1) is 0 Å². The molecule has 0 bridgehead atoms. The average molecular weight is 578 g/mol. The first-order valence-corrected chi connectivity index (χ1v) is 15.2. The molecule has 1 saturated heterocycles. The quantitative estimate of drug-likeness (QED) is 0.236. The number of hydrogen-bond acceptors (Lipinski definition) is 3. The van der Waals surface area contributed by atoms with Crippen LogP contribution < -0.4 is 10.6 Å². The molecule has 1 aromatic heterocycles. The molecule has 7 heteroatoms. The van der Waals surface area contributed by atoms with Gasteiger partial charge in [0.1, 0.15) is 5.82 Å². The molecule has 224 valence electrons. The van der Waals surface area contributed by atoms with Crippen LogP contribution in [-0.4, -0.2) is 39.7 Å². The molecular formula is C36H43N5O2. The van der Waals surface area contributed by atoms with E-state index in [4.69, 9.17) is 5.10 Å². The third-order valence-corrected chi connectivity index (χ3v) is 8.30. The van der Waals surface area contributed by atoms with Crippen LogP contribution >= 0.6 is 0 Å². The van der Waals surface area contributed by atoms with Crippen molar-refractivity contribution in [1.29, 1.82) is 0 Å². The second-order valence-corrected chi connectivity index (χ2v) is 12.8. The summed E-state index contributed by atoms with van der Waals surface area (Å²) in [5, 5.41) is 10.8. The summed E-state index contributed by atoms with van der Waals surface area (Å²) < 4.78 is 1.79. The van der Waals surface area contributed by atoms with Gasteiger partial charge in [-0.3, -0.25) is 10.1 Å². The van der Waals surface area contributed by atoms with Crippen LogP contribution in [0.3, 0.4) is 0 Å². The van der Waals surface area contributed by atoms with Gasteiger partial charge in [-0.05, 0) is 74.4 Å². The molecule has 4 aromatic rings. The number of rotatable bonds is 7. The topological polar surface area (TPSA) is 79.3 Å². The normalized spacial score (nSPS) is 14.8. The van der Waals surface area contributed by atoms with Gasteiger partial charge in [-0.25, -0.2) is 9.48 Å². The van der Waals surface area contributed by atoms with Crippen LogP contribution in [0.1, 0.15) is 68.8 Å². The number of likely N-dealkylation sites (tertiary alicyclic amines) is 1. The molecule has 3 aromatic carbocycles. The fraction of sp³-hybridized carbons (Fsp3) is 0.361. The van der Waals surface area contributed by atoms with Gasteiger partial charge in [0.2, 0.25) is 5.91 Å². The first kappa shape index (κ1) is 30.1. The first-order valence-electron chi connectivity index (χ1n) is 15.2. The highest BCUT2D eigenvalue weighted by Gasteiger charge is 2.27. The van der Waals surface area contributed by atoms with Gasteiger partial charge >= 0.3 is 6.03 Å². The number of anilines is 2. The van der Waals surface area contributed by atoms with Gasteiger partial charge < -0.3 is 10.2 Å². The molecule has 0 saturated carbocycles. The van der Waals surface area contributed by atoms with Crippen LogP contribution in [0.5, 0.6) is 0 Å². The molecule has 1 atom stereocenters. The van der Waals surface area contributed by atoms with Crippen LogP contribution in [-0.2, 0) is 16.6 Å². The lowest BCUT2D eigenvalue weighted by molar-refractivity contribution is -0.133. The third kappa shape index (κ3) is 7.53. The molecule has 7 nitrogen and oxygen atoms in total. The maximum absolute atomic E-state index is 13.1. The molecule has 0 radical (unpaired) electrons. The second-order valence-electron chi connectivity index (χ2n) is 12.8. The lowest BCUT2D eigenvalue weighted by Crippen LogP contribution is -2.40. The number of nitrogens with one attached hydrogen (secondary N) is 2. The highest BCUT2D eigenvalue weighted by Crippen LogP contribution is 2.28. The molecule has 1 fully saturated rings. The maximum Gasteiger partial charge on any atom is 0.324 e. The number of urea groups is 1. The predicted molar refractivity (Wildman–Crippen MR) is 174 cm³/mol. The summed E-state index contributed by atoms with van der Waals surface area (Å²) in [5.74, 6) is 1.20. The van der Waals surface area contributed by atoms with Crippen molar-refractivity contribution >= 4 is 23.4 Å². The molecule has 2 heterocycles. The number of piperidine rings is 1. The van der Waals surface area contributed by atoms with Crippen molar-refractivity contribution in [3.8, 4) is 5.69 Å². The second kappa shape index (κ2) is 12.9. The van der Waals surface area contributed by atoms with Gasteiger partial charge in [0.15, 0.2) is 0 Å². The number of carbonyl (C=O) groups is 2. The van der Waals surface area contributed by atoms with Crippen LogP contribution in [0.2, 0.25) is 0 Å². The summed E-state index contributed by atoms with van der Waals surface area (Å²) in [6.45, 7) is 11.9. The van der Waals surface area contributed by atoms with Crippen molar-refractivity contribution in [3.05, 3.63) is 107 Å². The Labute approximate surface area is 255 Å². The summed E-state index contributed by atoms with van der Waals surface area (Å²) in [6, 6.07) is 27.8. The Balaban J connectivity index is 1.19. The molecule has 43 heavy (non-hydrogen) atoms. The zero-order chi connectivity index (χ0) is 30.6. The Kier molecular flexibility index (Phi) is 9.00. The molecule has 0 aliphatic carbocycles. The summed E-state index contributed by atoms with van der Waals surface area (Å²) in [6.07, 6.45) is 2.87. The Bertz CT molecular complexity index is 1540. The molecule has 0 spiro atoms. The zero-order valence-corrected chi connectivity index (χ0v) is 25.9. The van der Waals surface area contributed by atoms with E-state index in [-0.39, 0.29) is 23.3 Å². The number of aromatic nitrogens is 2. The van der Waals surface area contributed by atoms with E-state index in [9.17, 15) is 9.59 Å². The summed E-state index contributed by atoms with van der Waals surface area (Å²) in [4.78, 5) is 28.2. The minimum atomic E-state index is -0.315. The SMILES string of the molecule is Cc1ccc(-n2nc(C(C)(C)C)cc2NC(=O)Nc2cccc(CC3CCN(C(=O)C(C)c4ccccc4)CC3)c2)cc1. The predicted octanol–water partition coefficient (Wildman–Crippen LogP) is 7.71. The van der Waals surface area contributed by atoms with E-state index in [1.807, 2.05) is 97.6 Å². The van der Waals surface area contributed by atoms with Gasteiger partial charge in [0.05, 0.1) is 17.3 Å². The average Bonchev–Trinajstić information content (AvgIpc) is 3.42. The third-order valence-electron chi connectivity index (χ3n) is 8.30. The van der Waals surface area contributed by atoms with Crippen LogP contribution in [0.15, 0.2) is 84.9 Å². The van der Waals surface area contributed by atoms with E-state index < -0.39 is 0 Å². The number of benzene rings is 3. The largest absolute Gasteiger partial charge is 0.342 e. The van der Waals surface area contributed by atoms with E-state index in [0.717, 1.165) is 60.5 Å². The van der Waals surface area contributed by atoms with E-state index in [1.54, 1.807) is 4.68 Å². The summed E-state index contributed by atoms with van der Waals surface area (Å²) in [5.41, 5.74) is 5.78. The number of amides is 3. The van der Waals surface area contributed by atoms with Crippen LogP contribution in [0, 0.1) is 12.8 Å². The minimum Gasteiger partial charge on any atom is -0.342 e. The smallest absolute Gasteiger partial charge is 0.324 e. The standard InChI is InChI=1S/C36H43N5O2/c1-25-14-16-31(17-15-25)41-33(24-32(39-41)36(3,4)5)38-35(43)37-30-13-9-10-28(23-30)22-27-18-20-40(21-19-27)34(42)26(2)29-11-7-6-8-12-29/h6-17,23-24,26-27H,18-22H2,1-5H3,(H2,37,38,43). The van der Waals surface area contributed by atoms with E-state index >= 15 is 0 Å². The molecule has 3 amide bonds. The van der Waals surface area contributed by atoms with E-state index in [1.165, 1.54) is 5.56 Å². The van der Waals surface area contributed by atoms with Crippen molar-refractivity contribution in [2.24, 2.45) is 5.92 Å². The highest BCUT2D eigenvalue weighted by atomic mass is 16.2. The summed E-state index contributed by atoms with van der Waals surface area (Å²) in [7, 11) is 0. The van der Waals surface area contributed by atoms with Gasteiger partial charge in [0.25, 0.3) is 0 Å². The fourth-order valence-electron chi connectivity index (χ4n) is 5.62. The monoisotopic (exact) mass is 577 g/mol. The lowest BCUT2D eigenvalue weighted by Gasteiger charge is -2.34. The Morgan fingerprint density at radius 1 is 0.907 bits per heavy atom. The molecular weight excluding hydrogens is 534 g/mol. The van der Waals surface area contributed by atoms with E-state index in [2.05, 4.69) is 37.5 Å². The molecule has 2 N–H and O–H groups in total. The Morgan fingerprint density at radius 3 is 2.28 bits per heavy atom. The molecule has 5 rings (SSSR count). The molecule has 1 aliphatic heterocycles. The molecule has 1 unspecified atom stereocenters. The molecule has 1 aliphatic rings. The van der Waals surface area contributed by atoms with Crippen molar-refractivity contribution in [2.45, 2.75) is 65.2 Å². The van der Waals surface area contributed by atoms with Crippen molar-refractivity contribution in [1.82, 2.24) is 14.7 Å².